The zero-order valence-corrected chi connectivity index (χ0v) is 12.0. The third-order valence-corrected chi connectivity index (χ3v) is 3.30. The number of nitro benzene ring substituents is 1. The van der Waals surface area contributed by atoms with Gasteiger partial charge in [0, 0.05) is 18.7 Å². The summed E-state index contributed by atoms with van der Waals surface area (Å²) in [7, 11) is 0. The number of ether oxygens (including phenoxy) is 1. The van der Waals surface area contributed by atoms with Crippen LogP contribution in [0.5, 0.6) is 11.5 Å². The maximum atomic E-state index is 10.6. The summed E-state index contributed by atoms with van der Waals surface area (Å²) in [6, 6.07) is 11.6. The van der Waals surface area contributed by atoms with E-state index in [1.807, 2.05) is 12.1 Å². The topological polar surface area (TPSA) is 72.6 Å². The average molecular weight is 338 g/mol. The Bertz CT molecular complexity index is 613. The number of nitrogens with zero attached hydrogens (tertiary/aromatic N) is 1. The van der Waals surface area contributed by atoms with Gasteiger partial charge < -0.3 is 9.84 Å². The van der Waals surface area contributed by atoms with Crippen LogP contribution in [0.15, 0.2) is 46.9 Å². The quantitative estimate of drug-likeness (QED) is 0.667. The summed E-state index contributed by atoms with van der Waals surface area (Å²) in [5.74, 6) is 1.13. The van der Waals surface area contributed by atoms with Gasteiger partial charge in [-0.25, -0.2) is 0 Å². The van der Waals surface area contributed by atoms with Gasteiger partial charge in [-0.1, -0.05) is 12.1 Å². The summed E-state index contributed by atoms with van der Waals surface area (Å²) in [6.07, 6.45) is 0.599. The second-order valence-corrected chi connectivity index (χ2v) is 4.95. The molecule has 0 aromatic heterocycles. The summed E-state index contributed by atoms with van der Waals surface area (Å²) in [5, 5.41) is 19.5. The molecule has 0 saturated carbocycles. The van der Waals surface area contributed by atoms with Crippen molar-refractivity contribution in [2.75, 3.05) is 6.61 Å². The van der Waals surface area contributed by atoms with E-state index in [0.717, 1.165) is 5.56 Å². The Hall–Kier alpha value is -1.92. The molecule has 0 atom stereocenters. The lowest BCUT2D eigenvalue weighted by molar-refractivity contribution is -0.384. The van der Waals surface area contributed by atoms with Gasteiger partial charge in [0.1, 0.15) is 11.5 Å². The maximum Gasteiger partial charge on any atom is 0.270 e. The van der Waals surface area contributed by atoms with Gasteiger partial charge in [-0.2, -0.15) is 0 Å². The van der Waals surface area contributed by atoms with Crippen LogP contribution < -0.4 is 4.74 Å². The Morgan fingerprint density at radius 2 is 1.90 bits per heavy atom. The Labute approximate surface area is 124 Å². The molecule has 2 aromatic carbocycles. The van der Waals surface area contributed by atoms with Crippen molar-refractivity contribution >= 4 is 21.6 Å². The normalized spacial score (nSPS) is 10.3. The summed E-state index contributed by atoms with van der Waals surface area (Å²) < 4.78 is 6.16. The molecule has 0 amide bonds. The van der Waals surface area contributed by atoms with Crippen LogP contribution in [0.1, 0.15) is 5.56 Å². The Morgan fingerprint density at radius 3 is 2.45 bits per heavy atom. The molecule has 0 spiro atoms. The van der Waals surface area contributed by atoms with Gasteiger partial charge in [-0.15, -0.1) is 0 Å². The number of nitro groups is 1. The van der Waals surface area contributed by atoms with Crippen LogP contribution >= 0.6 is 15.9 Å². The minimum Gasteiger partial charge on any atom is -0.456 e. The van der Waals surface area contributed by atoms with Crippen LogP contribution in [-0.4, -0.2) is 16.6 Å². The van der Waals surface area contributed by atoms with Crippen molar-refractivity contribution in [3.05, 3.63) is 62.6 Å². The van der Waals surface area contributed by atoms with E-state index in [2.05, 4.69) is 15.9 Å². The van der Waals surface area contributed by atoms with E-state index in [9.17, 15) is 10.1 Å². The highest BCUT2D eigenvalue weighted by molar-refractivity contribution is 9.10. The first kappa shape index (κ1) is 14.5. The van der Waals surface area contributed by atoms with Crippen LogP contribution in [-0.2, 0) is 6.42 Å². The third-order valence-electron chi connectivity index (χ3n) is 2.68. The van der Waals surface area contributed by atoms with Crippen LogP contribution in [0.2, 0.25) is 0 Å². The fourth-order valence-corrected chi connectivity index (χ4v) is 2.11. The largest absolute Gasteiger partial charge is 0.456 e. The first-order valence-corrected chi connectivity index (χ1v) is 6.71. The molecule has 0 heterocycles. The van der Waals surface area contributed by atoms with E-state index >= 15 is 0 Å². The van der Waals surface area contributed by atoms with Gasteiger partial charge in [0.15, 0.2) is 0 Å². The van der Waals surface area contributed by atoms with E-state index in [-0.39, 0.29) is 12.3 Å². The smallest absolute Gasteiger partial charge is 0.270 e. The van der Waals surface area contributed by atoms with E-state index in [1.165, 1.54) is 12.1 Å². The number of benzene rings is 2. The second-order valence-electron chi connectivity index (χ2n) is 4.09. The molecule has 0 unspecified atom stereocenters. The summed E-state index contributed by atoms with van der Waals surface area (Å²) >= 11 is 3.25. The van der Waals surface area contributed by atoms with Gasteiger partial charge in [0.05, 0.1) is 9.40 Å². The molecule has 0 fully saturated rings. The highest BCUT2D eigenvalue weighted by Crippen LogP contribution is 2.32. The molecule has 2 rings (SSSR count). The van der Waals surface area contributed by atoms with Crippen molar-refractivity contribution in [2.24, 2.45) is 0 Å². The first-order chi connectivity index (χ1) is 9.60. The molecular formula is C14H12BrNO4. The molecule has 0 bridgehead atoms. The fraction of sp³-hybridized carbons (Fsp3) is 0.143. The van der Waals surface area contributed by atoms with Gasteiger partial charge in [0.25, 0.3) is 5.69 Å². The number of rotatable bonds is 5. The highest BCUT2D eigenvalue weighted by Gasteiger charge is 2.10. The zero-order chi connectivity index (χ0) is 14.5. The number of non-ortho nitro benzene ring substituents is 1. The molecular weight excluding hydrogens is 326 g/mol. The lowest BCUT2D eigenvalue weighted by Gasteiger charge is -2.08. The average Bonchev–Trinajstić information content (AvgIpc) is 2.43. The zero-order valence-electron chi connectivity index (χ0n) is 10.5. The SMILES string of the molecule is O=[N+]([O-])c1ccc(Oc2ccc(CCO)cc2)c(Br)c1. The summed E-state index contributed by atoms with van der Waals surface area (Å²) in [6.45, 7) is 0.105. The molecule has 0 radical (unpaired) electrons. The number of hydrogen-bond donors (Lipinski definition) is 1. The van der Waals surface area contributed by atoms with Crippen molar-refractivity contribution in [3.8, 4) is 11.5 Å². The minimum absolute atomic E-state index is 0.00233. The van der Waals surface area contributed by atoms with Crippen LogP contribution in [0.4, 0.5) is 5.69 Å². The molecule has 5 nitrogen and oxygen atoms in total. The Balaban J connectivity index is 2.15. The van der Waals surface area contributed by atoms with Gasteiger partial charge in [-0.05, 0) is 46.1 Å². The summed E-state index contributed by atoms with van der Waals surface area (Å²) in [5.41, 5.74) is 1.02. The lowest BCUT2D eigenvalue weighted by atomic mass is 10.1. The predicted octanol–water partition coefficient (Wildman–Crippen LogP) is 3.68. The minimum atomic E-state index is -0.460. The third kappa shape index (κ3) is 3.55. The van der Waals surface area contributed by atoms with E-state index in [4.69, 9.17) is 9.84 Å². The molecule has 0 aliphatic rings. The van der Waals surface area contributed by atoms with Crippen LogP contribution in [0.3, 0.4) is 0 Å². The summed E-state index contributed by atoms with van der Waals surface area (Å²) in [4.78, 5) is 10.2. The molecule has 1 N–H and O–H groups in total. The van der Waals surface area contributed by atoms with Crippen LogP contribution in [0, 0.1) is 10.1 Å². The van der Waals surface area contributed by atoms with E-state index in [0.29, 0.717) is 22.4 Å². The van der Waals surface area contributed by atoms with E-state index < -0.39 is 4.92 Å². The highest BCUT2D eigenvalue weighted by atomic mass is 79.9. The van der Waals surface area contributed by atoms with Crippen LogP contribution in [0.25, 0.3) is 0 Å². The Kier molecular flexibility index (Phi) is 4.70. The first-order valence-electron chi connectivity index (χ1n) is 5.92. The standard InChI is InChI=1S/C14H12BrNO4/c15-13-9-11(16(18)19)3-6-14(13)20-12-4-1-10(2-5-12)7-8-17/h1-6,9,17H,7-8H2. The van der Waals surface area contributed by atoms with Crippen molar-refractivity contribution in [1.29, 1.82) is 0 Å². The lowest BCUT2D eigenvalue weighted by Crippen LogP contribution is -1.92. The van der Waals surface area contributed by atoms with Gasteiger partial charge in [0.2, 0.25) is 0 Å². The maximum absolute atomic E-state index is 10.6. The molecule has 20 heavy (non-hydrogen) atoms. The molecule has 6 heteroatoms. The number of aliphatic hydroxyl groups is 1. The molecule has 104 valence electrons. The van der Waals surface area contributed by atoms with Crippen molar-refractivity contribution < 1.29 is 14.8 Å². The van der Waals surface area contributed by atoms with Gasteiger partial charge in [-0.3, -0.25) is 10.1 Å². The molecule has 2 aromatic rings. The number of hydrogen-bond acceptors (Lipinski definition) is 4. The number of halogens is 1. The molecule has 0 aliphatic carbocycles. The number of aliphatic hydroxyl groups excluding tert-OH is 1. The molecule has 0 aliphatic heterocycles. The van der Waals surface area contributed by atoms with Crippen molar-refractivity contribution in [2.45, 2.75) is 6.42 Å². The predicted molar refractivity (Wildman–Crippen MR) is 78.1 cm³/mol. The molecule has 0 saturated heterocycles. The van der Waals surface area contributed by atoms with E-state index in [1.54, 1.807) is 18.2 Å². The van der Waals surface area contributed by atoms with Gasteiger partial charge >= 0.3 is 0 Å². The monoisotopic (exact) mass is 337 g/mol. The van der Waals surface area contributed by atoms with Crippen molar-refractivity contribution in [3.63, 3.8) is 0 Å². The van der Waals surface area contributed by atoms with Crippen molar-refractivity contribution in [1.82, 2.24) is 0 Å². The second kappa shape index (κ2) is 6.49. The Morgan fingerprint density at radius 1 is 1.20 bits per heavy atom. The fourth-order valence-electron chi connectivity index (χ4n) is 1.67.